The third-order valence-electron chi connectivity index (χ3n) is 1.12. The number of benzene rings is 1. The fraction of sp³-hybridized carbons (Fsp3) is 0.125. The van der Waals surface area contributed by atoms with Crippen molar-refractivity contribution in [2.24, 2.45) is 11.5 Å². The Kier molecular flexibility index (Phi) is 4.96. The lowest BCUT2D eigenvalue weighted by Crippen LogP contribution is -2.18. The van der Waals surface area contributed by atoms with Crippen LogP contribution in [0, 0.1) is 6.92 Å². The molecule has 0 radical (unpaired) electrons. The maximum Gasteiger partial charge on any atom is 0.309 e. The highest BCUT2D eigenvalue weighted by atomic mass is 32.1. The zero-order valence-corrected chi connectivity index (χ0v) is 7.71. The normalized spacial score (nSPS) is 8.17. The molecule has 0 aromatic heterocycles. The van der Waals surface area contributed by atoms with Gasteiger partial charge in [0.05, 0.1) is 0 Å². The van der Waals surface area contributed by atoms with Gasteiger partial charge in [-0.2, -0.15) is 0 Å². The highest BCUT2D eigenvalue weighted by Gasteiger charge is 1.84. The summed E-state index contributed by atoms with van der Waals surface area (Å²) in [5.74, 6) is 0. The fourth-order valence-corrected chi connectivity index (χ4v) is 0.724. The van der Waals surface area contributed by atoms with Crippen LogP contribution >= 0.6 is 12.6 Å². The molecule has 0 aliphatic carbocycles. The summed E-state index contributed by atoms with van der Waals surface area (Å²) < 4.78 is 0. The first kappa shape index (κ1) is 10.8. The molecular formula is C8H12N2OS. The van der Waals surface area contributed by atoms with E-state index in [2.05, 4.69) is 24.1 Å². The maximum atomic E-state index is 9.00. The molecule has 0 unspecified atom stereocenters. The van der Waals surface area contributed by atoms with E-state index in [1.54, 1.807) is 0 Å². The van der Waals surface area contributed by atoms with Gasteiger partial charge in [-0.25, -0.2) is 4.79 Å². The second-order valence-electron chi connectivity index (χ2n) is 2.19. The van der Waals surface area contributed by atoms with Crippen LogP contribution in [-0.2, 0) is 0 Å². The highest BCUT2D eigenvalue weighted by Crippen LogP contribution is 2.09. The van der Waals surface area contributed by atoms with E-state index in [-0.39, 0.29) is 0 Å². The predicted molar refractivity (Wildman–Crippen MR) is 52.2 cm³/mol. The van der Waals surface area contributed by atoms with Crippen LogP contribution in [0.2, 0.25) is 0 Å². The number of urea groups is 1. The van der Waals surface area contributed by atoms with E-state index in [0.717, 1.165) is 4.90 Å². The number of aryl methyl sites for hydroxylation is 1. The smallest absolute Gasteiger partial charge is 0.309 e. The van der Waals surface area contributed by atoms with E-state index in [1.165, 1.54) is 5.56 Å². The number of nitrogens with two attached hydrogens (primary N) is 2. The molecule has 1 rings (SSSR count). The quantitative estimate of drug-likeness (QED) is 0.523. The van der Waals surface area contributed by atoms with Gasteiger partial charge in [0.1, 0.15) is 0 Å². The van der Waals surface area contributed by atoms with E-state index in [0.29, 0.717) is 0 Å². The molecule has 12 heavy (non-hydrogen) atoms. The third kappa shape index (κ3) is 5.61. The minimum atomic E-state index is -0.833. The number of primary amides is 2. The van der Waals surface area contributed by atoms with Crippen molar-refractivity contribution in [3.05, 3.63) is 29.8 Å². The van der Waals surface area contributed by atoms with Crippen molar-refractivity contribution in [1.29, 1.82) is 0 Å². The molecule has 4 heteroatoms. The van der Waals surface area contributed by atoms with Gasteiger partial charge >= 0.3 is 6.03 Å². The van der Waals surface area contributed by atoms with Crippen LogP contribution in [0.4, 0.5) is 4.79 Å². The molecule has 4 N–H and O–H groups in total. The van der Waals surface area contributed by atoms with E-state index in [4.69, 9.17) is 4.79 Å². The fourth-order valence-electron chi connectivity index (χ4n) is 0.563. The highest BCUT2D eigenvalue weighted by molar-refractivity contribution is 7.80. The molecular weight excluding hydrogens is 172 g/mol. The molecule has 0 heterocycles. The summed E-state index contributed by atoms with van der Waals surface area (Å²) in [5, 5.41) is 0. The Labute approximate surface area is 77.2 Å². The van der Waals surface area contributed by atoms with Crippen LogP contribution in [0.5, 0.6) is 0 Å². The average Bonchev–Trinajstić information content (AvgIpc) is 1.94. The van der Waals surface area contributed by atoms with Crippen molar-refractivity contribution in [1.82, 2.24) is 0 Å². The van der Waals surface area contributed by atoms with Crippen molar-refractivity contribution in [3.63, 3.8) is 0 Å². The number of thiol groups is 1. The minimum absolute atomic E-state index is 0.833. The molecule has 0 aliphatic rings. The molecule has 0 saturated carbocycles. The van der Waals surface area contributed by atoms with Crippen molar-refractivity contribution in [2.45, 2.75) is 11.8 Å². The van der Waals surface area contributed by atoms with Crippen molar-refractivity contribution in [3.8, 4) is 0 Å². The van der Waals surface area contributed by atoms with Gasteiger partial charge < -0.3 is 11.5 Å². The number of amides is 2. The van der Waals surface area contributed by atoms with Crippen LogP contribution in [0.3, 0.4) is 0 Å². The topological polar surface area (TPSA) is 69.1 Å². The number of hydrogen-bond acceptors (Lipinski definition) is 2. The Balaban J connectivity index is 0.000000261. The Bertz CT molecular complexity index is 238. The summed E-state index contributed by atoms with van der Waals surface area (Å²) in [4.78, 5) is 10.1. The van der Waals surface area contributed by atoms with E-state index in [1.807, 2.05) is 31.2 Å². The van der Waals surface area contributed by atoms with Crippen LogP contribution in [0.1, 0.15) is 5.56 Å². The molecule has 1 aromatic rings. The third-order valence-corrected chi connectivity index (χ3v) is 1.62. The molecule has 1 aromatic carbocycles. The second-order valence-corrected chi connectivity index (χ2v) is 2.67. The Morgan fingerprint density at radius 2 is 1.75 bits per heavy atom. The zero-order valence-electron chi connectivity index (χ0n) is 6.82. The lowest BCUT2D eigenvalue weighted by Gasteiger charge is -1.92. The van der Waals surface area contributed by atoms with Crippen molar-refractivity contribution in [2.75, 3.05) is 0 Å². The molecule has 0 aliphatic heterocycles. The zero-order chi connectivity index (χ0) is 9.56. The Hall–Kier alpha value is -1.16. The first-order valence-corrected chi connectivity index (χ1v) is 3.78. The molecule has 0 bridgehead atoms. The SMILES string of the molecule is Cc1ccccc1S.NC(N)=O. The molecule has 0 fully saturated rings. The molecule has 0 spiro atoms. The lowest BCUT2D eigenvalue weighted by atomic mass is 10.2. The van der Waals surface area contributed by atoms with E-state index < -0.39 is 6.03 Å². The van der Waals surface area contributed by atoms with Gasteiger partial charge in [-0.15, -0.1) is 12.6 Å². The van der Waals surface area contributed by atoms with Gasteiger partial charge in [0, 0.05) is 4.90 Å². The lowest BCUT2D eigenvalue weighted by molar-refractivity contribution is 0.256. The van der Waals surface area contributed by atoms with Gasteiger partial charge in [-0.05, 0) is 18.6 Å². The van der Waals surface area contributed by atoms with Gasteiger partial charge in [0.25, 0.3) is 0 Å². The van der Waals surface area contributed by atoms with E-state index >= 15 is 0 Å². The Morgan fingerprint density at radius 3 is 2.00 bits per heavy atom. The summed E-state index contributed by atoms with van der Waals surface area (Å²) in [6.07, 6.45) is 0. The van der Waals surface area contributed by atoms with Crippen LogP contribution < -0.4 is 11.5 Å². The summed E-state index contributed by atoms with van der Waals surface area (Å²) in [6, 6.07) is 7.19. The van der Waals surface area contributed by atoms with Gasteiger partial charge in [-0.3, -0.25) is 0 Å². The molecule has 3 nitrogen and oxygen atoms in total. The molecule has 2 amide bonds. The largest absolute Gasteiger partial charge is 0.352 e. The van der Waals surface area contributed by atoms with Gasteiger partial charge in [0.15, 0.2) is 0 Å². The monoisotopic (exact) mass is 184 g/mol. The average molecular weight is 184 g/mol. The first-order valence-electron chi connectivity index (χ1n) is 3.33. The summed E-state index contributed by atoms with van der Waals surface area (Å²) >= 11 is 4.20. The van der Waals surface area contributed by atoms with Gasteiger partial charge in [0.2, 0.25) is 0 Å². The summed E-state index contributed by atoms with van der Waals surface area (Å²) in [7, 11) is 0. The molecule has 66 valence electrons. The first-order chi connectivity index (χ1) is 5.54. The standard InChI is InChI=1S/C7H8S.CH4N2O/c1-6-4-2-3-5-7(6)8;2-1(3)4/h2-5,8H,1H3;(H4,2,3,4). The molecule has 0 saturated heterocycles. The van der Waals surface area contributed by atoms with Crippen LogP contribution in [-0.4, -0.2) is 6.03 Å². The Morgan fingerprint density at radius 1 is 1.33 bits per heavy atom. The predicted octanol–water partition coefficient (Wildman–Crippen LogP) is 1.31. The maximum absolute atomic E-state index is 9.00. The number of hydrogen-bond donors (Lipinski definition) is 3. The van der Waals surface area contributed by atoms with Crippen LogP contribution in [0.25, 0.3) is 0 Å². The molecule has 0 atom stereocenters. The minimum Gasteiger partial charge on any atom is -0.352 e. The van der Waals surface area contributed by atoms with Crippen LogP contribution in [0.15, 0.2) is 29.2 Å². The van der Waals surface area contributed by atoms with Crippen molar-refractivity contribution < 1.29 is 4.79 Å². The number of carbonyl (C=O) groups is 1. The number of carbonyl (C=O) groups excluding carboxylic acids is 1. The van der Waals surface area contributed by atoms with Crippen molar-refractivity contribution >= 4 is 18.7 Å². The number of rotatable bonds is 0. The summed E-state index contributed by atoms with van der Waals surface area (Å²) in [5.41, 5.74) is 9.73. The second kappa shape index (κ2) is 5.49. The summed E-state index contributed by atoms with van der Waals surface area (Å²) in [6.45, 7) is 2.04. The van der Waals surface area contributed by atoms with E-state index in [9.17, 15) is 0 Å². The van der Waals surface area contributed by atoms with Gasteiger partial charge in [-0.1, -0.05) is 18.2 Å².